The van der Waals surface area contributed by atoms with Gasteiger partial charge in [-0.25, -0.2) is 0 Å². The second-order valence-electron chi connectivity index (χ2n) is 4.24. The molecular weight excluding hydrogens is 264 g/mol. The Labute approximate surface area is 103 Å². The van der Waals surface area contributed by atoms with Crippen LogP contribution in [0.4, 0.5) is 0 Å². The maximum atomic E-state index is 12.0. The van der Waals surface area contributed by atoms with Crippen LogP contribution in [-0.4, -0.2) is 5.78 Å². The van der Waals surface area contributed by atoms with E-state index in [0.29, 0.717) is 12.2 Å². The number of rotatable bonds is 0. The number of benzene rings is 2. The SMILES string of the molecule is O=C1CCCc2ccc3ccc(Br)cc3c21. The Morgan fingerprint density at radius 3 is 2.75 bits per heavy atom. The highest BCUT2D eigenvalue weighted by Gasteiger charge is 2.19. The van der Waals surface area contributed by atoms with E-state index in [1.54, 1.807) is 0 Å². The van der Waals surface area contributed by atoms with Crippen LogP contribution in [0.1, 0.15) is 28.8 Å². The van der Waals surface area contributed by atoms with Gasteiger partial charge in [0.25, 0.3) is 0 Å². The summed E-state index contributed by atoms with van der Waals surface area (Å²) in [6.45, 7) is 0. The monoisotopic (exact) mass is 274 g/mol. The zero-order valence-corrected chi connectivity index (χ0v) is 10.4. The van der Waals surface area contributed by atoms with Crippen molar-refractivity contribution in [1.29, 1.82) is 0 Å². The molecule has 0 fully saturated rings. The minimum atomic E-state index is 0.296. The van der Waals surface area contributed by atoms with Crippen molar-refractivity contribution in [2.75, 3.05) is 0 Å². The molecule has 2 aromatic carbocycles. The predicted octanol–water partition coefficient (Wildman–Crippen LogP) is 4.12. The van der Waals surface area contributed by atoms with Gasteiger partial charge >= 0.3 is 0 Å². The number of carbonyl (C=O) groups is 1. The van der Waals surface area contributed by atoms with Crippen LogP contribution in [-0.2, 0) is 6.42 Å². The highest BCUT2D eigenvalue weighted by molar-refractivity contribution is 9.10. The first kappa shape index (κ1) is 10.0. The Balaban J connectivity index is 2.40. The Morgan fingerprint density at radius 2 is 1.88 bits per heavy atom. The van der Waals surface area contributed by atoms with Crippen LogP contribution in [0, 0.1) is 0 Å². The summed E-state index contributed by atoms with van der Waals surface area (Å²) < 4.78 is 1.03. The highest BCUT2D eigenvalue weighted by atomic mass is 79.9. The lowest BCUT2D eigenvalue weighted by Gasteiger charge is -2.16. The van der Waals surface area contributed by atoms with Crippen LogP contribution in [0.15, 0.2) is 34.8 Å². The molecule has 3 rings (SSSR count). The van der Waals surface area contributed by atoms with Gasteiger partial charge in [-0.2, -0.15) is 0 Å². The molecule has 16 heavy (non-hydrogen) atoms. The fraction of sp³-hybridized carbons (Fsp3) is 0.214. The summed E-state index contributed by atoms with van der Waals surface area (Å²) in [7, 11) is 0. The largest absolute Gasteiger partial charge is 0.294 e. The highest BCUT2D eigenvalue weighted by Crippen LogP contribution is 2.30. The number of halogens is 1. The van der Waals surface area contributed by atoms with Crippen molar-refractivity contribution >= 4 is 32.5 Å². The third kappa shape index (κ3) is 1.49. The van der Waals surface area contributed by atoms with E-state index in [2.05, 4.69) is 40.2 Å². The van der Waals surface area contributed by atoms with E-state index >= 15 is 0 Å². The number of hydrogen-bond acceptors (Lipinski definition) is 1. The molecule has 0 saturated heterocycles. The minimum Gasteiger partial charge on any atom is -0.294 e. The Bertz CT molecular complexity index is 587. The molecule has 0 aromatic heterocycles. The van der Waals surface area contributed by atoms with Crippen molar-refractivity contribution in [3.05, 3.63) is 45.9 Å². The predicted molar refractivity (Wildman–Crippen MR) is 68.9 cm³/mol. The number of Topliss-reactive ketones (excluding diaryl/α,β-unsaturated/α-hetero) is 1. The van der Waals surface area contributed by atoms with Crippen molar-refractivity contribution in [1.82, 2.24) is 0 Å². The van der Waals surface area contributed by atoms with Crippen molar-refractivity contribution in [3.8, 4) is 0 Å². The third-order valence-electron chi connectivity index (χ3n) is 3.20. The van der Waals surface area contributed by atoms with Crippen LogP contribution in [0.5, 0.6) is 0 Å². The zero-order chi connectivity index (χ0) is 11.1. The first-order valence-corrected chi connectivity index (χ1v) is 6.29. The van der Waals surface area contributed by atoms with E-state index in [1.165, 1.54) is 5.56 Å². The van der Waals surface area contributed by atoms with Crippen LogP contribution in [0.3, 0.4) is 0 Å². The molecule has 0 saturated carbocycles. The van der Waals surface area contributed by atoms with E-state index < -0.39 is 0 Å². The molecule has 2 heteroatoms. The second-order valence-corrected chi connectivity index (χ2v) is 5.16. The summed E-state index contributed by atoms with van der Waals surface area (Å²) in [4.78, 5) is 12.0. The Hall–Kier alpha value is -1.15. The van der Waals surface area contributed by atoms with Crippen molar-refractivity contribution in [2.45, 2.75) is 19.3 Å². The van der Waals surface area contributed by atoms with Gasteiger partial charge in [-0.3, -0.25) is 4.79 Å². The summed E-state index contributed by atoms with van der Waals surface area (Å²) in [5.41, 5.74) is 2.16. The first-order valence-electron chi connectivity index (χ1n) is 5.50. The van der Waals surface area contributed by atoms with E-state index in [-0.39, 0.29) is 0 Å². The number of carbonyl (C=O) groups excluding carboxylic acids is 1. The lowest BCUT2D eigenvalue weighted by atomic mass is 9.87. The molecule has 0 N–H and O–H groups in total. The van der Waals surface area contributed by atoms with Crippen LogP contribution < -0.4 is 0 Å². The summed E-state index contributed by atoms with van der Waals surface area (Å²) in [6, 6.07) is 10.3. The average molecular weight is 275 g/mol. The van der Waals surface area contributed by atoms with Gasteiger partial charge in [0.2, 0.25) is 0 Å². The molecule has 0 atom stereocenters. The van der Waals surface area contributed by atoms with Gasteiger partial charge in [0, 0.05) is 16.5 Å². The van der Waals surface area contributed by atoms with Crippen LogP contribution >= 0.6 is 15.9 Å². The van der Waals surface area contributed by atoms with E-state index in [4.69, 9.17) is 0 Å². The summed E-state index contributed by atoms with van der Waals surface area (Å²) >= 11 is 3.47. The standard InChI is InChI=1S/C14H11BrO/c15-11-7-6-9-4-5-10-2-1-3-13(16)14(10)12(9)8-11/h4-8H,1-3H2. The molecule has 1 aliphatic rings. The van der Waals surface area contributed by atoms with Gasteiger partial charge < -0.3 is 0 Å². The van der Waals surface area contributed by atoms with Gasteiger partial charge in [-0.15, -0.1) is 0 Å². The minimum absolute atomic E-state index is 0.296. The normalized spacial score (nSPS) is 15.2. The van der Waals surface area contributed by atoms with Crippen LogP contribution in [0.25, 0.3) is 10.8 Å². The lowest BCUT2D eigenvalue weighted by Crippen LogP contribution is -2.11. The van der Waals surface area contributed by atoms with Crippen molar-refractivity contribution < 1.29 is 4.79 Å². The summed E-state index contributed by atoms with van der Waals surface area (Å²) in [5, 5.41) is 2.24. The fourth-order valence-electron chi connectivity index (χ4n) is 2.44. The van der Waals surface area contributed by atoms with Gasteiger partial charge in [0.05, 0.1) is 0 Å². The average Bonchev–Trinajstić information content (AvgIpc) is 2.28. The van der Waals surface area contributed by atoms with E-state index in [0.717, 1.165) is 33.7 Å². The number of hydrogen-bond donors (Lipinski definition) is 0. The van der Waals surface area contributed by atoms with Gasteiger partial charge in [0.15, 0.2) is 5.78 Å². The maximum Gasteiger partial charge on any atom is 0.163 e. The quantitative estimate of drug-likeness (QED) is 0.706. The summed E-state index contributed by atoms with van der Waals surface area (Å²) in [6.07, 6.45) is 2.72. The molecule has 0 amide bonds. The van der Waals surface area contributed by atoms with Crippen molar-refractivity contribution in [2.24, 2.45) is 0 Å². The molecular formula is C14H11BrO. The third-order valence-corrected chi connectivity index (χ3v) is 3.69. The second kappa shape index (κ2) is 3.70. The number of ketones is 1. The zero-order valence-electron chi connectivity index (χ0n) is 8.79. The molecule has 0 bridgehead atoms. The molecule has 0 heterocycles. The molecule has 0 aliphatic heterocycles. The fourth-order valence-corrected chi connectivity index (χ4v) is 2.80. The van der Waals surface area contributed by atoms with Crippen LogP contribution in [0.2, 0.25) is 0 Å². The molecule has 0 radical (unpaired) electrons. The Kier molecular flexibility index (Phi) is 2.32. The smallest absolute Gasteiger partial charge is 0.163 e. The van der Waals surface area contributed by atoms with Gasteiger partial charge in [-0.1, -0.05) is 34.1 Å². The summed E-state index contributed by atoms with van der Waals surface area (Å²) in [5.74, 6) is 0.296. The number of aryl methyl sites for hydroxylation is 1. The Morgan fingerprint density at radius 1 is 1.06 bits per heavy atom. The molecule has 80 valence electrons. The molecule has 2 aromatic rings. The lowest BCUT2D eigenvalue weighted by molar-refractivity contribution is 0.0974. The van der Waals surface area contributed by atoms with E-state index in [9.17, 15) is 4.79 Å². The molecule has 0 unspecified atom stereocenters. The maximum absolute atomic E-state index is 12.0. The number of fused-ring (bicyclic) bond motifs is 3. The topological polar surface area (TPSA) is 17.1 Å². The van der Waals surface area contributed by atoms with Crippen molar-refractivity contribution in [3.63, 3.8) is 0 Å². The van der Waals surface area contributed by atoms with Gasteiger partial charge in [0.1, 0.15) is 0 Å². The first-order chi connectivity index (χ1) is 7.75. The van der Waals surface area contributed by atoms with E-state index in [1.807, 2.05) is 6.07 Å². The molecule has 1 nitrogen and oxygen atoms in total. The molecule has 1 aliphatic carbocycles. The molecule has 0 spiro atoms. The van der Waals surface area contributed by atoms with Gasteiger partial charge in [-0.05, 0) is 41.3 Å².